The van der Waals surface area contributed by atoms with E-state index in [1.807, 2.05) is 12.2 Å². The van der Waals surface area contributed by atoms with Crippen LogP contribution in [0.1, 0.15) is 22.3 Å². The summed E-state index contributed by atoms with van der Waals surface area (Å²) < 4.78 is 34.1. The SMILES string of the molecule is C=Cc1ccc(C[P+](c2ccccc2)(c2ccccc2)c2ccccc2)cc1.C=Cc1ccc(C[P+](c2ccccc2)(c2ccccc2)c2ccccc2)cc1.O=S(=O)([O-])[O-]. The smallest absolute Gasteiger partial charge is 0.116 e. The van der Waals surface area contributed by atoms with Crippen LogP contribution in [0.2, 0.25) is 0 Å². The second-order valence-electron chi connectivity index (χ2n) is 14.2. The van der Waals surface area contributed by atoms with Gasteiger partial charge in [-0.2, -0.15) is 0 Å². The molecule has 0 heterocycles. The van der Waals surface area contributed by atoms with E-state index in [-0.39, 0.29) is 0 Å². The summed E-state index contributed by atoms with van der Waals surface area (Å²) in [6.45, 7) is 7.77. The summed E-state index contributed by atoms with van der Waals surface area (Å²) >= 11 is 0. The minimum absolute atomic E-state index is 1.00. The van der Waals surface area contributed by atoms with E-state index in [9.17, 15) is 0 Å². The van der Waals surface area contributed by atoms with E-state index in [2.05, 4.69) is 244 Å². The van der Waals surface area contributed by atoms with Gasteiger partial charge in [-0.15, -0.1) is 0 Å². The van der Waals surface area contributed by atoms with Gasteiger partial charge in [-0.1, -0.05) is 183 Å². The molecule has 8 aromatic carbocycles. The third-order valence-corrected chi connectivity index (χ3v) is 19.2. The number of benzene rings is 8. The Morgan fingerprint density at radius 3 is 0.689 bits per heavy atom. The first-order chi connectivity index (χ1) is 29.7. The molecule has 8 rings (SSSR count). The van der Waals surface area contributed by atoms with Crippen molar-refractivity contribution in [3.63, 3.8) is 0 Å². The molecule has 8 aromatic rings. The Hall–Kier alpha value is -6.03. The quantitative estimate of drug-likeness (QED) is 0.0697. The van der Waals surface area contributed by atoms with Crippen molar-refractivity contribution in [2.45, 2.75) is 12.3 Å². The Morgan fingerprint density at radius 1 is 0.344 bits per heavy atom. The van der Waals surface area contributed by atoms with Crippen LogP contribution in [0.4, 0.5) is 0 Å². The molecule has 0 radical (unpaired) electrons. The highest BCUT2D eigenvalue weighted by atomic mass is 32.3. The molecule has 4 nitrogen and oxygen atoms in total. The van der Waals surface area contributed by atoms with Crippen molar-refractivity contribution in [2.75, 3.05) is 0 Å². The van der Waals surface area contributed by atoms with Gasteiger partial charge in [0.05, 0.1) is 12.3 Å². The Labute approximate surface area is 362 Å². The average molecular weight is 855 g/mol. The maximum absolute atomic E-state index is 8.52. The number of hydrogen-bond donors (Lipinski definition) is 0. The van der Waals surface area contributed by atoms with Crippen LogP contribution in [0.5, 0.6) is 0 Å². The van der Waals surface area contributed by atoms with Gasteiger partial charge >= 0.3 is 0 Å². The van der Waals surface area contributed by atoms with E-state index in [1.165, 1.54) is 43.0 Å². The second-order valence-corrected chi connectivity index (χ2v) is 22.0. The third-order valence-electron chi connectivity index (χ3n) is 10.5. The van der Waals surface area contributed by atoms with Gasteiger partial charge in [0, 0.05) is 10.4 Å². The molecule has 0 amide bonds. The Kier molecular flexibility index (Phi) is 15.7. The van der Waals surface area contributed by atoms with Crippen LogP contribution in [0, 0.1) is 0 Å². The van der Waals surface area contributed by atoms with Crippen LogP contribution in [-0.2, 0) is 22.7 Å². The predicted molar refractivity (Wildman–Crippen MR) is 261 cm³/mol. The fourth-order valence-corrected chi connectivity index (χ4v) is 16.1. The van der Waals surface area contributed by atoms with Crippen LogP contribution in [0.25, 0.3) is 12.2 Å². The summed E-state index contributed by atoms with van der Waals surface area (Å²) in [6.07, 6.45) is 5.81. The average Bonchev–Trinajstić information content (AvgIpc) is 3.32. The summed E-state index contributed by atoms with van der Waals surface area (Å²) in [6, 6.07) is 83.8. The van der Waals surface area contributed by atoms with Gasteiger partial charge in [-0.3, -0.25) is 8.42 Å². The third kappa shape index (κ3) is 11.6. The zero-order chi connectivity index (χ0) is 43.0. The van der Waals surface area contributed by atoms with E-state index in [4.69, 9.17) is 17.5 Å². The van der Waals surface area contributed by atoms with E-state index in [0.717, 1.165) is 23.5 Å². The maximum Gasteiger partial charge on any atom is 0.116 e. The molecule has 0 unspecified atom stereocenters. The van der Waals surface area contributed by atoms with Crippen molar-refractivity contribution >= 4 is 68.9 Å². The molecule has 0 aromatic heterocycles. The van der Waals surface area contributed by atoms with Crippen molar-refractivity contribution < 1.29 is 17.5 Å². The zero-order valence-corrected chi connectivity index (χ0v) is 36.5. The Morgan fingerprint density at radius 2 is 0.525 bits per heavy atom. The molecule has 0 atom stereocenters. The maximum atomic E-state index is 8.52. The highest BCUT2D eigenvalue weighted by molar-refractivity contribution is 7.95. The molecule has 0 saturated carbocycles. The van der Waals surface area contributed by atoms with Gasteiger partial charge in [-0.05, 0) is 95.1 Å². The summed E-state index contributed by atoms with van der Waals surface area (Å²) in [7, 11) is -8.82. The minimum atomic E-state index is -5.17. The van der Waals surface area contributed by atoms with Crippen molar-refractivity contribution in [3.05, 3.63) is 266 Å². The normalized spacial score (nSPS) is 11.2. The van der Waals surface area contributed by atoms with Gasteiger partial charge in [0.15, 0.2) is 0 Å². The molecule has 0 fully saturated rings. The van der Waals surface area contributed by atoms with Crippen LogP contribution in [-0.4, -0.2) is 17.5 Å². The molecule has 0 aliphatic heterocycles. The first-order valence-electron chi connectivity index (χ1n) is 19.8. The summed E-state index contributed by atoms with van der Waals surface area (Å²) in [4.78, 5) is 0. The minimum Gasteiger partial charge on any atom is -0.759 e. The van der Waals surface area contributed by atoms with Gasteiger partial charge in [0.2, 0.25) is 0 Å². The lowest BCUT2D eigenvalue weighted by molar-refractivity contribution is 0.352. The zero-order valence-electron chi connectivity index (χ0n) is 33.9. The highest BCUT2D eigenvalue weighted by Gasteiger charge is 2.46. The fourth-order valence-electron chi connectivity index (χ4n) is 7.60. The standard InChI is InChI=1S/2C27H24P.H2O4S/c2*1-2-23-18-20-24(21-19-23)22-28(25-12-6-3-7-13-25,26-14-8-4-9-15-26)27-16-10-5-11-17-27;1-5(2,3)4/h2*2-21H,1,22H2;(H2,1,2,3,4)/q2*+1;/p-2. The lowest BCUT2D eigenvalue weighted by Crippen LogP contribution is -2.32. The lowest BCUT2D eigenvalue weighted by atomic mass is 10.1. The Bertz CT molecular complexity index is 2290. The molecular formula is C54H48O4P2S. The number of rotatable bonds is 12. The lowest BCUT2D eigenvalue weighted by Gasteiger charge is -2.27. The van der Waals surface area contributed by atoms with E-state index in [0.29, 0.717) is 0 Å². The van der Waals surface area contributed by atoms with Crippen molar-refractivity contribution in [2.24, 2.45) is 0 Å². The molecule has 61 heavy (non-hydrogen) atoms. The molecule has 304 valence electrons. The molecule has 0 bridgehead atoms. The molecule has 0 aliphatic rings. The molecular weight excluding hydrogens is 807 g/mol. The van der Waals surface area contributed by atoms with Gasteiger partial charge < -0.3 is 9.11 Å². The molecule has 0 saturated heterocycles. The van der Waals surface area contributed by atoms with E-state index < -0.39 is 24.9 Å². The van der Waals surface area contributed by atoms with Gasteiger partial charge in [0.1, 0.15) is 46.4 Å². The fraction of sp³-hybridized carbons (Fsp3) is 0.0370. The van der Waals surface area contributed by atoms with Crippen LogP contribution < -0.4 is 31.8 Å². The monoisotopic (exact) mass is 854 g/mol. The second kappa shape index (κ2) is 21.5. The largest absolute Gasteiger partial charge is 0.759 e. The summed E-state index contributed by atoms with van der Waals surface area (Å²) in [5.74, 6) is 0. The van der Waals surface area contributed by atoms with Crippen LogP contribution in [0.15, 0.2) is 244 Å². The van der Waals surface area contributed by atoms with Crippen LogP contribution in [0.3, 0.4) is 0 Å². The van der Waals surface area contributed by atoms with Crippen molar-refractivity contribution in [3.8, 4) is 0 Å². The van der Waals surface area contributed by atoms with E-state index >= 15 is 0 Å². The van der Waals surface area contributed by atoms with Crippen LogP contribution >= 0.6 is 14.5 Å². The van der Waals surface area contributed by atoms with Gasteiger partial charge in [0.25, 0.3) is 0 Å². The van der Waals surface area contributed by atoms with Crippen molar-refractivity contribution in [1.82, 2.24) is 0 Å². The summed E-state index contributed by atoms with van der Waals surface area (Å²) in [5.41, 5.74) is 5.03. The highest BCUT2D eigenvalue weighted by Crippen LogP contribution is 2.59. The predicted octanol–water partition coefficient (Wildman–Crippen LogP) is 10.3. The van der Waals surface area contributed by atoms with E-state index in [1.54, 1.807) is 0 Å². The topological polar surface area (TPSA) is 80.3 Å². The first kappa shape index (κ1) is 44.5. The van der Waals surface area contributed by atoms with Crippen molar-refractivity contribution in [1.29, 1.82) is 0 Å². The summed E-state index contributed by atoms with van der Waals surface area (Å²) in [5, 5.41) is 8.50. The molecule has 0 spiro atoms. The molecule has 0 N–H and O–H groups in total. The molecule has 0 aliphatic carbocycles. The molecule has 7 heteroatoms. The Balaban J connectivity index is 0.000000184. The first-order valence-corrected chi connectivity index (χ1v) is 25.1. The van der Waals surface area contributed by atoms with Gasteiger partial charge in [-0.25, -0.2) is 0 Å². The number of hydrogen-bond acceptors (Lipinski definition) is 4.